The summed E-state index contributed by atoms with van der Waals surface area (Å²) in [5.41, 5.74) is 13.4. The molecule has 4 fully saturated rings. The third-order valence-corrected chi connectivity index (χ3v) is 8.23. The molecule has 2 aliphatic heterocycles. The minimum absolute atomic E-state index is 0.203. The molecule has 0 spiro atoms. The van der Waals surface area contributed by atoms with Gasteiger partial charge in [-0.25, -0.2) is 9.59 Å². The molecule has 1 aromatic carbocycles. The van der Waals surface area contributed by atoms with Crippen LogP contribution in [0.3, 0.4) is 0 Å². The number of fused-ring (bicyclic) bond motifs is 2. The maximum Gasteiger partial charge on any atom is 0.354 e. The lowest BCUT2D eigenvalue weighted by atomic mass is 10.1. The van der Waals surface area contributed by atoms with Gasteiger partial charge in [-0.05, 0) is 66.3 Å². The van der Waals surface area contributed by atoms with E-state index in [1.807, 2.05) is 12.1 Å². The van der Waals surface area contributed by atoms with E-state index in [0.29, 0.717) is 42.2 Å². The van der Waals surface area contributed by atoms with Crippen LogP contribution >= 0.6 is 0 Å². The minimum Gasteiger partial charge on any atom is -0.330 e. The number of nitrogens with one attached hydrogen (secondary N) is 1. The maximum absolute atomic E-state index is 12.6. The van der Waals surface area contributed by atoms with E-state index in [0.717, 1.165) is 44.8 Å². The van der Waals surface area contributed by atoms with E-state index in [1.54, 1.807) is 17.2 Å². The second-order valence-corrected chi connectivity index (χ2v) is 10.1. The van der Waals surface area contributed by atoms with Crippen molar-refractivity contribution in [2.75, 3.05) is 38.0 Å². The van der Waals surface area contributed by atoms with Gasteiger partial charge in [-0.3, -0.25) is 14.8 Å². The molecule has 174 valence electrons. The molecule has 2 aliphatic carbocycles. The second kappa shape index (κ2) is 7.93. The Bertz CT molecular complexity index is 1100. The van der Waals surface area contributed by atoms with Gasteiger partial charge in [0.25, 0.3) is 0 Å². The van der Waals surface area contributed by atoms with Gasteiger partial charge in [0.05, 0.1) is 5.69 Å². The summed E-state index contributed by atoms with van der Waals surface area (Å²) in [6, 6.07) is 9.85. The van der Waals surface area contributed by atoms with Crippen LogP contribution in [0.2, 0.25) is 0 Å². The average Bonchev–Trinajstić information content (AvgIpc) is 3.61. The quantitative estimate of drug-likeness (QED) is 0.617. The summed E-state index contributed by atoms with van der Waals surface area (Å²) in [4.78, 5) is 33.6. The number of anilines is 1. The fourth-order valence-corrected chi connectivity index (χ4v) is 6.07. The smallest absolute Gasteiger partial charge is 0.330 e. The molecule has 3 unspecified atom stereocenters. The highest BCUT2D eigenvalue weighted by atomic mass is 16.2. The number of rotatable bonds is 5. The van der Waals surface area contributed by atoms with Crippen LogP contribution in [0, 0.1) is 29.6 Å². The standard InChI is InChI=1S/C24H31N7O2/c25-9-17-16-5-7-30(13-18(16)17)23(32)27-21-6-8-31(24(33)28-21)15-3-1-14(2-4-15)10-29-11-19-20(12-29)22(19)26/h1-4,6,8,16-20,22H,5,7,9-13,25-26H2,(H,27,28,32,33)/t16?,17?,18?,19-,20+,22+. The zero-order valence-electron chi connectivity index (χ0n) is 18.6. The first kappa shape index (κ1) is 20.8. The molecule has 5 N–H and O–H groups in total. The first-order chi connectivity index (χ1) is 16.0. The molecular formula is C24H31N7O2. The lowest BCUT2D eigenvalue weighted by Gasteiger charge is -2.26. The van der Waals surface area contributed by atoms with Crippen LogP contribution in [-0.4, -0.2) is 64.1 Å². The van der Waals surface area contributed by atoms with Crippen molar-refractivity contribution in [3.63, 3.8) is 0 Å². The third kappa shape index (κ3) is 3.84. The largest absolute Gasteiger partial charge is 0.354 e. The molecule has 1 aromatic heterocycles. The normalized spacial score (nSPS) is 32.2. The zero-order valence-corrected chi connectivity index (χ0v) is 18.6. The number of aromatic nitrogens is 2. The lowest BCUT2D eigenvalue weighted by Crippen LogP contribution is -2.40. The van der Waals surface area contributed by atoms with E-state index in [2.05, 4.69) is 27.3 Å². The molecule has 2 saturated heterocycles. The van der Waals surface area contributed by atoms with Crippen LogP contribution in [0.4, 0.5) is 10.6 Å². The van der Waals surface area contributed by atoms with E-state index >= 15 is 0 Å². The number of piperidine rings is 2. The number of hydrogen-bond acceptors (Lipinski definition) is 6. The van der Waals surface area contributed by atoms with Gasteiger partial charge in [0.1, 0.15) is 5.82 Å². The van der Waals surface area contributed by atoms with Gasteiger partial charge in [-0.2, -0.15) is 4.98 Å². The summed E-state index contributed by atoms with van der Waals surface area (Å²) in [6.45, 7) is 5.21. The fraction of sp³-hybridized carbons (Fsp3) is 0.542. The summed E-state index contributed by atoms with van der Waals surface area (Å²) < 4.78 is 1.49. The molecule has 0 radical (unpaired) electrons. The number of nitrogens with zero attached hydrogens (tertiary/aromatic N) is 4. The number of amides is 2. The van der Waals surface area contributed by atoms with Crippen LogP contribution in [0.15, 0.2) is 41.3 Å². The van der Waals surface area contributed by atoms with Gasteiger partial charge in [0, 0.05) is 45.0 Å². The lowest BCUT2D eigenvalue weighted by molar-refractivity contribution is 0.197. The molecule has 6 rings (SSSR count). The Hall–Kier alpha value is -2.75. The van der Waals surface area contributed by atoms with E-state index in [9.17, 15) is 9.59 Å². The summed E-state index contributed by atoms with van der Waals surface area (Å²) >= 11 is 0. The number of benzene rings is 1. The molecule has 3 heterocycles. The Labute approximate surface area is 192 Å². The van der Waals surface area contributed by atoms with Crippen molar-refractivity contribution in [2.45, 2.75) is 19.0 Å². The van der Waals surface area contributed by atoms with Crippen molar-refractivity contribution < 1.29 is 4.79 Å². The molecule has 6 atom stereocenters. The first-order valence-electron chi connectivity index (χ1n) is 11.9. The van der Waals surface area contributed by atoms with Crippen molar-refractivity contribution in [2.24, 2.45) is 41.1 Å². The highest BCUT2D eigenvalue weighted by molar-refractivity contribution is 5.88. The number of nitrogens with two attached hydrogens (primary N) is 2. The highest BCUT2D eigenvalue weighted by Crippen LogP contribution is 2.50. The Morgan fingerprint density at radius 3 is 2.52 bits per heavy atom. The minimum atomic E-state index is -0.418. The maximum atomic E-state index is 12.6. The van der Waals surface area contributed by atoms with Crippen molar-refractivity contribution in [3.8, 4) is 5.69 Å². The molecule has 2 aromatic rings. The summed E-state index contributed by atoms with van der Waals surface area (Å²) in [5, 5.41) is 2.78. The number of carbonyl (C=O) groups excluding carboxylic acids is 1. The van der Waals surface area contributed by atoms with E-state index in [1.165, 1.54) is 10.1 Å². The average molecular weight is 450 g/mol. The van der Waals surface area contributed by atoms with Crippen LogP contribution in [0.1, 0.15) is 12.0 Å². The molecule has 9 heteroatoms. The van der Waals surface area contributed by atoms with Gasteiger partial charge in [-0.15, -0.1) is 0 Å². The molecule has 4 aliphatic rings. The monoisotopic (exact) mass is 449 g/mol. The Morgan fingerprint density at radius 1 is 1.06 bits per heavy atom. The van der Waals surface area contributed by atoms with Crippen LogP contribution in [0.25, 0.3) is 5.69 Å². The first-order valence-corrected chi connectivity index (χ1v) is 11.9. The number of urea groups is 1. The SMILES string of the molecule is NCC1C2CCN(C(=O)Nc3ccn(-c4ccc(CN5C[C@@H]6[C@@H](N)[C@@H]6C5)cc4)c(=O)n3)CC12. The molecule has 33 heavy (non-hydrogen) atoms. The zero-order chi connectivity index (χ0) is 22.7. The second-order valence-electron chi connectivity index (χ2n) is 10.1. The number of hydrogen-bond donors (Lipinski definition) is 3. The van der Waals surface area contributed by atoms with Crippen LogP contribution < -0.4 is 22.5 Å². The van der Waals surface area contributed by atoms with Gasteiger partial charge in [0.2, 0.25) is 0 Å². The van der Waals surface area contributed by atoms with Gasteiger partial charge in [-0.1, -0.05) is 12.1 Å². The van der Waals surface area contributed by atoms with Crippen molar-refractivity contribution >= 4 is 11.8 Å². The van der Waals surface area contributed by atoms with E-state index in [4.69, 9.17) is 11.5 Å². The predicted molar refractivity (Wildman–Crippen MR) is 125 cm³/mol. The van der Waals surface area contributed by atoms with Gasteiger partial charge >= 0.3 is 11.7 Å². The summed E-state index contributed by atoms with van der Waals surface area (Å²) in [7, 11) is 0. The van der Waals surface area contributed by atoms with E-state index in [-0.39, 0.29) is 11.8 Å². The van der Waals surface area contributed by atoms with Crippen molar-refractivity contribution in [1.29, 1.82) is 0 Å². The van der Waals surface area contributed by atoms with E-state index < -0.39 is 5.69 Å². The van der Waals surface area contributed by atoms with Gasteiger partial charge < -0.3 is 16.4 Å². The summed E-state index contributed by atoms with van der Waals surface area (Å²) in [5.74, 6) is 3.37. The van der Waals surface area contributed by atoms with Crippen LogP contribution in [0.5, 0.6) is 0 Å². The molecular weight excluding hydrogens is 418 g/mol. The van der Waals surface area contributed by atoms with Gasteiger partial charge in [0.15, 0.2) is 0 Å². The van der Waals surface area contributed by atoms with Crippen molar-refractivity contribution in [3.05, 3.63) is 52.6 Å². The Kier molecular flexibility index (Phi) is 5.01. The molecule has 0 bridgehead atoms. The Morgan fingerprint density at radius 2 is 1.82 bits per heavy atom. The Balaban J connectivity index is 1.07. The third-order valence-electron chi connectivity index (χ3n) is 8.23. The topological polar surface area (TPSA) is 123 Å². The summed E-state index contributed by atoms with van der Waals surface area (Å²) in [6.07, 6.45) is 2.66. The molecule has 9 nitrogen and oxygen atoms in total. The molecule has 2 amide bonds. The number of likely N-dealkylation sites (tertiary alicyclic amines) is 2. The van der Waals surface area contributed by atoms with Crippen molar-refractivity contribution in [1.82, 2.24) is 19.4 Å². The fourth-order valence-electron chi connectivity index (χ4n) is 6.07. The molecule has 2 saturated carbocycles. The number of carbonyl (C=O) groups is 1. The predicted octanol–water partition coefficient (Wildman–Crippen LogP) is 0.680. The highest BCUT2D eigenvalue weighted by Gasteiger charge is 2.53. The van der Waals surface area contributed by atoms with Crippen LogP contribution in [-0.2, 0) is 6.54 Å².